The average molecular weight is 269 g/mol. The molecule has 15 heavy (non-hydrogen) atoms. The molecule has 1 heterocycles. The van der Waals surface area contributed by atoms with Gasteiger partial charge in [0.1, 0.15) is 0 Å². The number of hydrogen-bond donors (Lipinski definition) is 2. The van der Waals surface area contributed by atoms with Gasteiger partial charge in [0.25, 0.3) is 0 Å². The Kier molecular flexibility index (Phi) is 2.75. The van der Waals surface area contributed by atoms with E-state index in [1.54, 1.807) is 6.92 Å². The van der Waals surface area contributed by atoms with Crippen LogP contribution in [-0.2, 0) is 4.79 Å². The summed E-state index contributed by atoms with van der Waals surface area (Å²) in [6.45, 7) is 1.62. The molecule has 0 saturated carbocycles. The summed E-state index contributed by atoms with van der Waals surface area (Å²) in [6.07, 6.45) is 0. The molecule has 0 unspecified atom stereocenters. The second-order valence-corrected chi connectivity index (χ2v) is 5.35. The first kappa shape index (κ1) is 10.2. The minimum atomic E-state index is -0.857. The van der Waals surface area contributed by atoms with Crippen LogP contribution in [0, 0.1) is 0 Å². The van der Waals surface area contributed by atoms with Gasteiger partial charge in [-0.3, -0.25) is 0 Å². The maximum atomic E-state index is 10.6. The van der Waals surface area contributed by atoms with E-state index in [0.29, 0.717) is 0 Å². The van der Waals surface area contributed by atoms with E-state index >= 15 is 0 Å². The number of para-hydroxylation sites is 1. The molecule has 0 aliphatic rings. The number of aliphatic carboxylic acids is 1. The van der Waals surface area contributed by atoms with Crippen LogP contribution in [0.4, 0.5) is 4.69 Å². The van der Waals surface area contributed by atoms with Crippen LogP contribution in [0.1, 0.15) is 6.92 Å². The number of nitrogens with one attached hydrogen (secondary N) is 1. The molecule has 0 aliphatic heterocycles. The van der Waals surface area contributed by atoms with Gasteiger partial charge in [-0.2, -0.15) is 0 Å². The van der Waals surface area contributed by atoms with Gasteiger partial charge in [-0.05, 0) is 0 Å². The second-order valence-electron chi connectivity index (χ2n) is 3.19. The van der Waals surface area contributed by atoms with Gasteiger partial charge in [0, 0.05) is 0 Å². The van der Waals surface area contributed by atoms with E-state index in [0.717, 1.165) is 10.2 Å². The van der Waals surface area contributed by atoms with Crippen molar-refractivity contribution in [2.24, 2.45) is 0 Å². The summed E-state index contributed by atoms with van der Waals surface area (Å²) in [4.78, 5) is 15.0. The number of anilines is 1. The number of rotatable bonds is 3. The predicted molar refractivity (Wildman–Crippen MR) is 59.4 cm³/mol. The fraction of sp³-hybridized carbons (Fsp3) is 0.200. The zero-order valence-electron chi connectivity index (χ0n) is 8.10. The summed E-state index contributed by atoms with van der Waals surface area (Å²) in [6, 6.07) is 7.29. The van der Waals surface area contributed by atoms with Crippen LogP contribution in [0.15, 0.2) is 24.3 Å². The Morgan fingerprint density at radius 1 is 1.53 bits per heavy atom. The Balaban J connectivity index is 2.26. The molecule has 0 radical (unpaired) electrons. The summed E-state index contributed by atoms with van der Waals surface area (Å²) in [5.74, 6) is -0.857. The van der Waals surface area contributed by atoms with E-state index in [-0.39, 0.29) is 14.5 Å². The first-order valence-corrected chi connectivity index (χ1v) is 6.23. The van der Waals surface area contributed by atoms with Crippen molar-refractivity contribution >= 4 is 34.9 Å². The van der Waals surface area contributed by atoms with Crippen molar-refractivity contribution in [2.75, 3.05) is 5.32 Å². The summed E-state index contributed by atoms with van der Waals surface area (Å²) >= 11 is 0.111. The van der Waals surface area contributed by atoms with E-state index in [1.807, 2.05) is 24.3 Å². The number of carboxylic acids is 1. The van der Waals surface area contributed by atoms with Gasteiger partial charge in [-0.25, -0.2) is 0 Å². The molecule has 0 fully saturated rings. The third-order valence-electron chi connectivity index (χ3n) is 2.00. The molecule has 0 aliphatic carbocycles. The molecule has 1 aromatic carbocycles. The molecule has 2 rings (SSSR count). The zero-order valence-corrected chi connectivity index (χ0v) is 9.81. The van der Waals surface area contributed by atoms with Crippen LogP contribution in [0.3, 0.4) is 0 Å². The number of fused-ring (bicyclic) bond motifs is 1. The predicted octanol–water partition coefficient (Wildman–Crippen LogP) is 1.18. The van der Waals surface area contributed by atoms with Gasteiger partial charge >= 0.3 is 92.4 Å². The first-order valence-electron chi connectivity index (χ1n) is 4.52. The number of hydrogen-bond acceptors (Lipinski definition) is 3. The Morgan fingerprint density at radius 3 is 2.93 bits per heavy atom. The monoisotopic (exact) mass is 270 g/mol. The van der Waals surface area contributed by atoms with E-state index in [1.165, 1.54) is 4.26 Å². The Hall–Kier alpha value is -1.32. The van der Waals surface area contributed by atoms with Crippen molar-refractivity contribution in [1.29, 1.82) is 0 Å². The molecule has 1 atom stereocenters. The van der Waals surface area contributed by atoms with Gasteiger partial charge in [0.15, 0.2) is 0 Å². The molecule has 1 aromatic heterocycles. The van der Waals surface area contributed by atoms with Crippen molar-refractivity contribution in [3.8, 4) is 0 Å². The van der Waals surface area contributed by atoms with Gasteiger partial charge in [-0.1, -0.05) is 0 Å². The molecule has 2 N–H and O–H groups in total. The van der Waals surface area contributed by atoms with Crippen LogP contribution < -0.4 is 5.32 Å². The molecule has 2 aromatic rings. The van der Waals surface area contributed by atoms with E-state index in [9.17, 15) is 4.79 Å². The van der Waals surface area contributed by atoms with Gasteiger partial charge < -0.3 is 0 Å². The number of carbonyl (C=O) groups is 1. The SMILES string of the molecule is C[C@H](Nc1nc2ccccc2[se]1)C(=O)O. The van der Waals surface area contributed by atoms with Crippen molar-refractivity contribution in [2.45, 2.75) is 13.0 Å². The van der Waals surface area contributed by atoms with Crippen LogP contribution in [0.5, 0.6) is 0 Å². The quantitative estimate of drug-likeness (QED) is 0.821. The van der Waals surface area contributed by atoms with E-state index in [2.05, 4.69) is 10.3 Å². The number of carboxylic acid groups (broad SMARTS) is 1. The average Bonchev–Trinajstić information content (AvgIpc) is 2.59. The van der Waals surface area contributed by atoms with Crippen molar-refractivity contribution < 1.29 is 9.90 Å². The Labute approximate surface area is 92.7 Å². The fourth-order valence-electron chi connectivity index (χ4n) is 1.18. The first-order chi connectivity index (χ1) is 7.16. The Bertz CT molecular complexity index is 462. The third kappa shape index (κ3) is 2.19. The topological polar surface area (TPSA) is 62.2 Å². The molecule has 0 spiro atoms. The normalized spacial score (nSPS) is 12.6. The summed E-state index contributed by atoms with van der Waals surface area (Å²) in [5, 5.41) is 11.7. The molecule has 5 heteroatoms. The van der Waals surface area contributed by atoms with Gasteiger partial charge in [-0.15, -0.1) is 0 Å². The van der Waals surface area contributed by atoms with Crippen LogP contribution in [0.2, 0.25) is 0 Å². The molecular formula is C10H10N2O2Se. The summed E-state index contributed by atoms with van der Waals surface area (Å²) < 4.78 is 1.99. The van der Waals surface area contributed by atoms with Crippen LogP contribution in [0.25, 0.3) is 9.78 Å². The van der Waals surface area contributed by atoms with Crippen LogP contribution in [-0.4, -0.2) is 36.6 Å². The molecule has 0 bridgehead atoms. The van der Waals surface area contributed by atoms with E-state index in [4.69, 9.17) is 5.11 Å². The van der Waals surface area contributed by atoms with Gasteiger partial charge in [0.05, 0.1) is 0 Å². The zero-order chi connectivity index (χ0) is 10.8. The molecule has 78 valence electrons. The summed E-state index contributed by atoms with van der Waals surface area (Å²) in [5.41, 5.74) is 0.956. The molecular weight excluding hydrogens is 259 g/mol. The van der Waals surface area contributed by atoms with Gasteiger partial charge in [0.2, 0.25) is 0 Å². The second kappa shape index (κ2) is 4.04. The minimum absolute atomic E-state index is 0.111. The number of benzene rings is 1. The summed E-state index contributed by atoms with van der Waals surface area (Å²) in [7, 11) is 0. The van der Waals surface area contributed by atoms with Crippen molar-refractivity contribution in [3.63, 3.8) is 0 Å². The van der Waals surface area contributed by atoms with Crippen molar-refractivity contribution in [1.82, 2.24) is 4.98 Å². The van der Waals surface area contributed by atoms with Crippen molar-refractivity contribution in [3.05, 3.63) is 24.3 Å². The standard InChI is InChI=1S/C10H10N2O2Se/c1-6(9(13)14)11-10-12-7-4-2-3-5-8(7)15-10/h2-6H,1H3,(H,11,12)(H,13,14)/t6-/m0/s1. The van der Waals surface area contributed by atoms with Crippen LogP contribution >= 0.6 is 0 Å². The molecule has 0 saturated heterocycles. The number of aromatic nitrogens is 1. The number of nitrogens with zero attached hydrogens (tertiary/aromatic N) is 1. The third-order valence-corrected chi connectivity index (χ3v) is 4.03. The fourth-order valence-corrected chi connectivity index (χ4v) is 3.18. The molecule has 0 amide bonds. The van der Waals surface area contributed by atoms with E-state index < -0.39 is 12.0 Å². The molecule has 4 nitrogen and oxygen atoms in total. The maximum absolute atomic E-state index is 10.6. The Morgan fingerprint density at radius 2 is 2.27 bits per heavy atom.